The van der Waals surface area contributed by atoms with E-state index >= 15 is 0 Å². The van der Waals surface area contributed by atoms with Crippen LogP contribution in [0.1, 0.15) is 29.2 Å². The summed E-state index contributed by atoms with van der Waals surface area (Å²) in [6.45, 7) is 5.65. The van der Waals surface area contributed by atoms with Crippen molar-refractivity contribution < 1.29 is 19.1 Å². The summed E-state index contributed by atoms with van der Waals surface area (Å²) in [4.78, 5) is 36.9. The Morgan fingerprint density at radius 3 is 2.47 bits per heavy atom. The Bertz CT molecular complexity index is 1310. The van der Waals surface area contributed by atoms with E-state index in [4.69, 9.17) is 4.74 Å². The molecular weight excluding hydrogens is 524 g/mol. The largest absolute Gasteiger partial charge is 0.483 e. The molecule has 3 aromatic rings. The summed E-state index contributed by atoms with van der Waals surface area (Å²) in [5, 5.41) is 9.31. The lowest BCUT2D eigenvalue weighted by Crippen LogP contribution is -2.32. The average molecular weight is 551 g/mol. The molecule has 0 aliphatic heterocycles. The molecule has 3 rings (SSSR count). The molecular formula is C27H27BrN4O4. The summed E-state index contributed by atoms with van der Waals surface area (Å²) in [6.07, 6.45) is 2.05. The molecule has 36 heavy (non-hydrogen) atoms. The number of anilines is 2. The van der Waals surface area contributed by atoms with Gasteiger partial charge in [0.05, 0.1) is 6.21 Å². The van der Waals surface area contributed by atoms with Crippen molar-refractivity contribution in [1.82, 2.24) is 5.43 Å². The number of hydrogen-bond donors (Lipinski definition) is 3. The number of aryl methyl sites for hydroxylation is 2. The third-order valence-electron chi connectivity index (χ3n) is 5.43. The van der Waals surface area contributed by atoms with E-state index in [0.29, 0.717) is 23.4 Å². The van der Waals surface area contributed by atoms with Crippen molar-refractivity contribution in [1.29, 1.82) is 0 Å². The fourth-order valence-electron chi connectivity index (χ4n) is 3.31. The van der Waals surface area contributed by atoms with Gasteiger partial charge < -0.3 is 15.4 Å². The minimum atomic E-state index is -0.914. The number of hydrazone groups is 1. The Labute approximate surface area is 218 Å². The number of carbonyl (C=O) groups is 3. The Hall–Kier alpha value is -3.98. The first-order chi connectivity index (χ1) is 17.3. The van der Waals surface area contributed by atoms with Crippen molar-refractivity contribution in [3.63, 3.8) is 0 Å². The second-order valence-corrected chi connectivity index (χ2v) is 8.85. The lowest BCUT2D eigenvalue weighted by atomic mass is 10.1. The quantitative estimate of drug-likeness (QED) is 0.214. The molecule has 0 aliphatic carbocycles. The predicted molar refractivity (Wildman–Crippen MR) is 144 cm³/mol. The van der Waals surface area contributed by atoms with Crippen LogP contribution in [0.4, 0.5) is 11.4 Å². The molecule has 0 aromatic heterocycles. The van der Waals surface area contributed by atoms with E-state index in [2.05, 4.69) is 37.1 Å². The van der Waals surface area contributed by atoms with E-state index in [1.807, 2.05) is 51.1 Å². The fraction of sp³-hybridized carbons (Fsp3) is 0.185. The first-order valence-electron chi connectivity index (χ1n) is 11.3. The molecule has 0 saturated heterocycles. The van der Waals surface area contributed by atoms with Gasteiger partial charge in [-0.15, -0.1) is 0 Å². The number of nitrogens with one attached hydrogen (secondary N) is 3. The highest BCUT2D eigenvalue weighted by Gasteiger charge is 2.14. The number of hydrogen-bond acceptors (Lipinski definition) is 5. The Morgan fingerprint density at radius 2 is 1.69 bits per heavy atom. The molecule has 0 heterocycles. The molecule has 0 saturated carbocycles. The summed E-state index contributed by atoms with van der Waals surface area (Å²) in [7, 11) is 0. The van der Waals surface area contributed by atoms with Crippen molar-refractivity contribution in [3.05, 3.63) is 87.4 Å². The Kier molecular flexibility index (Phi) is 9.35. The molecule has 0 atom stereocenters. The third-order valence-corrected chi connectivity index (χ3v) is 5.92. The first-order valence-corrected chi connectivity index (χ1v) is 12.1. The van der Waals surface area contributed by atoms with Crippen molar-refractivity contribution >= 4 is 51.2 Å². The maximum absolute atomic E-state index is 12.4. The standard InChI is InChI=1S/C27H27BrN4O4/c1-4-19-9-5-6-10-23(19)31-26(34)27(35)32-29-15-20-14-21(28)12-13-24(20)36-16-25(33)30-22-11-7-8-17(2)18(22)3/h5-15H,4,16H2,1-3H3,(H,30,33)(H,31,34)(H,32,35)/b29-15-. The van der Waals surface area contributed by atoms with Gasteiger partial charge in [0, 0.05) is 21.4 Å². The monoisotopic (exact) mass is 550 g/mol. The van der Waals surface area contributed by atoms with Crippen LogP contribution in [0.15, 0.2) is 70.2 Å². The molecule has 0 radical (unpaired) electrons. The van der Waals surface area contributed by atoms with Gasteiger partial charge in [0.1, 0.15) is 5.75 Å². The minimum Gasteiger partial charge on any atom is -0.483 e. The number of para-hydroxylation sites is 1. The number of nitrogens with zero attached hydrogens (tertiary/aromatic N) is 1. The van der Waals surface area contributed by atoms with E-state index in [-0.39, 0.29) is 12.5 Å². The molecule has 3 N–H and O–H groups in total. The lowest BCUT2D eigenvalue weighted by molar-refractivity contribution is -0.136. The Morgan fingerprint density at radius 1 is 0.944 bits per heavy atom. The highest BCUT2D eigenvalue weighted by atomic mass is 79.9. The summed E-state index contributed by atoms with van der Waals surface area (Å²) in [5.41, 5.74) is 6.99. The second kappa shape index (κ2) is 12.6. The SMILES string of the molecule is CCc1ccccc1NC(=O)C(=O)N/N=C\c1cc(Br)ccc1OCC(=O)Nc1cccc(C)c1C. The van der Waals surface area contributed by atoms with Gasteiger partial charge in [0.2, 0.25) is 0 Å². The number of amides is 3. The topological polar surface area (TPSA) is 109 Å². The highest BCUT2D eigenvalue weighted by Crippen LogP contribution is 2.22. The Balaban J connectivity index is 1.60. The van der Waals surface area contributed by atoms with Gasteiger partial charge in [0.15, 0.2) is 6.61 Å². The van der Waals surface area contributed by atoms with E-state index in [1.54, 1.807) is 30.3 Å². The summed E-state index contributed by atoms with van der Waals surface area (Å²) < 4.78 is 6.44. The molecule has 186 valence electrons. The van der Waals surface area contributed by atoms with Gasteiger partial charge in [-0.25, -0.2) is 5.43 Å². The number of benzene rings is 3. The molecule has 0 aliphatic rings. The van der Waals surface area contributed by atoms with Crippen LogP contribution in [0.25, 0.3) is 0 Å². The van der Waals surface area contributed by atoms with Gasteiger partial charge in [-0.2, -0.15) is 5.10 Å². The summed E-state index contributed by atoms with van der Waals surface area (Å²) in [6, 6.07) is 18.1. The van der Waals surface area contributed by atoms with Gasteiger partial charge in [-0.05, 0) is 67.3 Å². The van der Waals surface area contributed by atoms with E-state index in [9.17, 15) is 14.4 Å². The number of halogens is 1. The molecule has 9 heteroatoms. The third kappa shape index (κ3) is 7.26. The predicted octanol–water partition coefficient (Wildman–Crippen LogP) is 4.73. The van der Waals surface area contributed by atoms with Crippen LogP contribution in [0.3, 0.4) is 0 Å². The zero-order valence-electron chi connectivity index (χ0n) is 20.2. The molecule has 0 spiro atoms. The van der Waals surface area contributed by atoms with E-state index < -0.39 is 11.8 Å². The van der Waals surface area contributed by atoms with Crippen LogP contribution in [0.5, 0.6) is 5.75 Å². The van der Waals surface area contributed by atoms with Gasteiger partial charge >= 0.3 is 11.8 Å². The summed E-state index contributed by atoms with van der Waals surface area (Å²) >= 11 is 3.38. The smallest absolute Gasteiger partial charge is 0.329 e. The van der Waals surface area contributed by atoms with Crippen LogP contribution in [-0.4, -0.2) is 30.5 Å². The average Bonchev–Trinajstić information content (AvgIpc) is 2.86. The number of ether oxygens (including phenoxy) is 1. The number of carbonyl (C=O) groups excluding carboxylic acids is 3. The maximum Gasteiger partial charge on any atom is 0.329 e. The van der Waals surface area contributed by atoms with Crippen molar-refractivity contribution in [2.75, 3.05) is 17.2 Å². The van der Waals surface area contributed by atoms with Crippen LogP contribution >= 0.6 is 15.9 Å². The minimum absolute atomic E-state index is 0.221. The van der Waals surface area contributed by atoms with Gasteiger partial charge in [-0.3, -0.25) is 14.4 Å². The van der Waals surface area contributed by atoms with Crippen molar-refractivity contribution in [3.8, 4) is 5.75 Å². The normalized spacial score (nSPS) is 10.7. The van der Waals surface area contributed by atoms with Crippen LogP contribution < -0.4 is 20.8 Å². The lowest BCUT2D eigenvalue weighted by Gasteiger charge is -2.12. The zero-order valence-corrected chi connectivity index (χ0v) is 21.8. The first kappa shape index (κ1) is 26.6. The fourth-order valence-corrected chi connectivity index (χ4v) is 3.69. The number of rotatable bonds is 8. The molecule has 0 bridgehead atoms. The molecule has 8 nitrogen and oxygen atoms in total. The molecule has 3 amide bonds. The van der Waals surface area contributed by atoms with Gasteiger partial charge in [0.25, 0.3) is 5.91 Å². The van der Waals surface area contributed by atoms with Crippen LogP contribution in [0, 0.1) is 13.8 Å². The van der Waals surface area contributed by atoms with E-state index in [0.717, 1.165) is 26.9 Å². The van der Waals surface area contributed by atoms with E-state index in [1.165, 1.54) is 6.21 Å². The maximum atomic E-state index is 12.4. The second-order valence-electron chi connectivity index (χ2n) is 7.93. The molecule has 0 unspecified atom stereocenters. The van der Waals surface area contributed by atoms with Crippen LogP contribution in [-0.2, 0) is 20.8 Å². The zero-order chi connectivity index (χ0) is 26.1. The highest BCUT2D eigenvalue weighted by molar-refractivity contribution is 9.10. The van der Waals surface area contributed by atoms with Crippen molar-refractivity contribution in [2.24, 2.45) is 5.10 Å². The van der Waals surface area contributed by atoms with Crippen molar-refractivity contribution in [2.45, 2.75) is 27.2 Å². The molecule has 3 aromatic carbocycles. The van der Waals surface area contributed by atoms with Gasteiger partial charge in [-0.1, -0.05) is 53.2 Å². The van der Waals surface area contributed by atoms with Crippen LogP contribution in [0.2, 0.25) is 0 Å². The molecule has 0 fully saturated rings. The summed E-state index contributed by atoms with van der Waals surface area (Å²) in [5.74, 6) is -1.68.